The van der Waals surface area contributed by atoms with Gasteiger partial charge in [0.25, 0.3) is 0 Å². The zero-order chi connectivity index (χ0) is 26.2. The largest absolute Gasteiger partial charge is 0.352 e. The van der Waals surface area contributed by atoms with E-state index in [-0.39, 0.29) is 40.8 Å². The van der Waals surface area contributed by atoms with Crippen molar-refractivity contribution in [1.82, 2.24) is 15.1 Å². The van der Waals surface area contributed by atoms with E-state index in [1.807, 2.05) is 55.8 Å². The van der Waals surface area contributed by atoms with Crippen molar-refractivity contribution in [1.29, 1.82) is 0 Å². The van der Waals surface area contributed by atoms with Gasteiger partial charge in [0.2, 0.25) is 11.8 Å². The van der Waals surface area contributed by atoms with Crippen LogP contribution in [0.4, 0.5) is 5.82 Å². The molecule has 36 heavy (non-hydrogen) atoms. The Morgan fingerprint density at radius 1 is 1.14 bits per heavy atom. The van der Waals surface area contributed by atoms with Gasteiger partial charge in [-0.05, 0) is 56.5 Å². The fraction of sp³-hybridized carbons (Fsp3) is 0.414. The molecule has 1 aliphatic rings. The molecule has 3 aromatic rings. The molecule has 2 heterocycles. The highest BCUT2D eigenvalue weighted by Crippen LogP contribution is 2.49. The second kappa shape index (κ2) is 10.1. The van der Waals surface area contributed by atoms with Crippen LogP contribution in [0.25, 0.3) is 5.69 Å². The molecule has 2 amide bonds. The van der Waals surface area contributed by atoms with Crippen molar-refractivity contribution in [2.45, 2.75) is 65.2 Å². The molecule has 0 saturated heterocycles. The molecule has 190 valence electrons. The minimum atomic E-state index is -0.278. The Balaban J connectivity index is 2.03. The lowest BCUT2D eigenvalue weighted by molar-refractivity contribution is -0.123. The number of nitrogens with one attached hydrogen (secondary N) is 1. The molecular weight excluding hydrogens is 468 g/mol. The summed E-state index contributed by atoms with van der Waals surface area (Å²) in [7, 11) is 0. The third kappa shape index (κ3) is 5.21. The summed E-state index contributed by atoms with van der Waals surface area (Å²) in [6, 6.07) is 16.4. The lowest BCUT2D eigenvalue weighted by atomic mass is 9.86. The van der Waals surface area contributed by atoms with Gasteiger partial charge in [0.1, 0.15) is 12.4 Å². The van der Waals surface area contributed by atoms with E-state index < -0.39 is 0 Å². The molecule has 2 aromatic carbocycles. The van der Waals surface area contributed by atoms with Crippen LogP contribution < -0.4 is 10.2 Å². The fourth-order valence-corrected chi connectivity index (χ4v) is 5.94. The zero-order valence-corrected chi connectivity index (χ0v) is 23.1. The number of carbonyl (C=O) groups is 2. The van der Waals surface area contributed by atoms with Crippen LogP contribution in [0.5, 0.6) is 0 Å². The van der Waals surface area contributed by atoms with Crippen LogP contribution in [0.2, 0.25) is 0 Å². The first-order valence-corrected chi connectivity index (χ1v) is 13.5. The maximum Gasteiger partial charge on any atom is 0.240 e. The van der Waals surface area contributed by atoms with E-state index in [0.717, 1.165) is 22.5 Å². The van der Waals surface area contributed by atoms with Gasteiger partial charge in [-0.15, -0.1) is 11.8 Å². The molecule has 0 unspecified atom stereocenters. The molecule has 0 spiro atoms. The number of benzene rings is 2. The summed E-state index contributed by atoms with van der Waals surface area (Å²) in [6.45, 7) is 14.4. The topological polar surface area (TPSA) is 67.2 Å². The van der Waals surface area contributed by atoms with E-state index in [4.69, 9.17) is 5.10 Å². The highest BCUT2D eigenvalue weighted by atomic mass is 32.2. The summed E-state index contributed by atoms with van der Waals surface area (Å²) < 4.78 is 1.88. The van der Waals surface area contributed by atoms with E-state index in [0.29, 0.717) is 5.82 Å². The molecule has 1 N–H and O–H groups in total. The van der Waals surface area contributed by atoms with Gasteiger partial charge in [-0.3, -0.25) is 14.5 Å². The lowest BCUT2D eigenvalue weighted by Gasteiger charge is -2.25. The maximum atomic E-state index is 13.7. The second-order valence-corrected chi connectivity index (χ2v) is 11.9. The molecule has 1 aliphatic heterocycles. The maximum absolute atomic E-state index is 13.7. The van der Waals surface area contributed by atoms with Crippen molar-refractivity contribution in [3.63, 3.8) is 0 Å². The molecule has 0 saturated carbocycles. The standard InChI is InChI=1S/C29H36N4O2S/c1-18(2)30-23(34)16-32-24(35)17-36-26(22-14-9-8-12-20(22)4)25-27(29(5,6)7)31-33(28(25)32)21-13-10-11-19(3)15-21/h8-15,18,26H,16-17H2,1-7H3,(H,30,34)/t26-/m1/s1. The summed E-state index contributed by atoms with van der Waals surface area (Å²) in [6.07, 6.45) is 0. The molecule has 0 bridgehead atoms. The van der Waals surface area contributed by atoms with Gasteiger partial charge in [-0.25, -0.2) is 4.68 Å². The van der Waals surface area contributed by atoms with Crippen LogP contribution in [0.1, 0.15) is 67.8 Å². The monoisotopic (exact) mass is 504 g/mol. The fourth-order valence-electron chi connectivity index (χ4n) is 4.65. The second-order valence-electron chi connectivity index (χ2n) is 10.8. The van der Waals surface area contributed by atoms with Crippen LogP contribution in [0, 0.1) is 13.8 Å². The first-order chi connectivity index (χ1) is 17.0. The van der Waals surface area contributed by atoms with Gasteiger partial charge in [-0.1, -0.05) is 57.2 Å². The average molecular weight is 505 g/mol. The lowest BCUT2D eigenvalue weighted by Crippen LogP contribution is -2.44. The minimum Gasteiger partial charge on any atom is -0.352 e. The number of amides is 2. The molecule has 0 fully saturated rings. The molecule has 7 heteroatoms. The number of hydrogen-bond donors (Lipinski definition) is 1. The van der Waals surface area contributed by atoms with E-state index in [2.05, 4.69) is 51.2 Å². The van der Waals surface area contributed by atoms with Crippen molar-refractivity contribution in [3.05, 3.63) is 76.5 Å². The Bertz CT molecular complexity index is 1290. The van der Waals surface area contributed by atoms with Crippen molar-refractivity contribution in [2.24, 2.45) is 0 Å². The number of nitrogens with zero attached hydrogens (tertiary/aromatic N) is 3. The summed E-state index contributed by atoms with van der Waals surface area (Å²) in [4.78, 5) is 28.3. The molecular formula is C29H36N4O2S. The normalized spacial score (nSPS) is 16.2. The Morgan fingerprint density at radius 3 is 2.50 bits per heavy atom. The van der Waals surface area contributed by atoms with Crippen molar-refractivity contribution < 1.29 is 9.59 Å². The minimum absolute atomic E-state index is 0.0139. The first kappa shape index (κ1) is 26.0. The van der Waals surface area contributed by atoms with E-state index >= 15 is 0 Å². The van der Waals surface area contributed by atoms with Crippen LogP contribution in [0.15, 0.2) is 48.5 Å². The quantitative estimate of drug-likeness (QED) is 0.500. The Labute approximate surface area is 218 Å². The molecule has 4 rings (SSSR count). The summed E-state index contributed by atoms with van der Waals surface area (Å²) in [5, 5.41) is 8.02. The van der Waals surface area contributed by atoms with Gasteiger partial charge in [0.05, 0.1) is 22.4 Å². The van der Waals surface area contributed by atoms with Gasteiger partial charge < -0.3 is 5.32 Å². The Kier molecular flexibility index (Phi) is 7.32. The van der Waals surface area contributed by atoms with Crippen LogP contribution in [-0.2, 0) is 15.0 Å². The van der Waals surface area contributed by atoms with E-state index in [1.54, 1.807) is 16.7 Å². The third-order valence-electron chi connectivity index (χ3n) is 6.27. The summed E-state index contributed by atoms with van der Waals surface area (Å²) >= 11 is 1.61. The molecule has 0 aliphatic carbocycles. The SMILES string of the molecule is Cc1cccc(-n2nc(C(C)(C)C)c3c2N(CC(=O)NC(C)C)C(=O)CS[C@@H]3c2ccccc2C)c1. The van der Waals surface area contributed by atoms with Crippen LogP contribution >= 0.6 is 11.8 Å². The first-order valence-electron chi connectivity index (χ1n) is 12.4. The highest BCUT2D eigenvalue weighted by molar-refractivity contribution is 8.00. The third-order valence-corrected chi connectivity index (χ3v) is 7.50. The smallest absolute Gasteiger partial charge is 0.240 e. The number of carbonyl (C=O) groups excluding carboxylic acids is 2. The van der Waals surface area contributed by atoms with Gasteiger partial charge in [-0.2, -0.15) is 5.10 Å². The number of anilines is 1. The van der Waals surface area contributed by atoms with Gasteiger partial charge >= 0.3 is 0 Å². The van der Waals surface area contributed by atoms with Crippen molar-refractivity contribution in [2.75, 3.05) is 17.2 Å². The number of hydrogen-bond acceptors (Lipinski definition) is 4. The molecule has 0 radical (unpaired) electrons. The Hall–Kier alpha value is -3.06. The molecule has 1 aromatic heterocycles. The molecule has 6 nitrogen and oxygen atoms in total. The highest BCUT2D eigenvalue weighted by Gasteiger charge is 2.40. The number of aromatic nitrogens is 2. The number of aryl methyl sites for hydroxylation is 2. The van der Waals surface area contributed by atoms with Gasteiger partial charge in [0.15, 0.2) is 0 Å². The summed E-state index contributed by atoms with van der Waals surface area (Å²) in [5.74, 6) is 0.691. The number of thioether (sulfide) groups is 1. The number of fused-ring (bicyclic) bond motifs is 1. The van der Waals surface area contributed by atoms with Gasteiger partial charge in [0, 0.05) is 17.0 Å². The Morgan fingerprint density at radius 2 is 1.86 bits per heavy atom. The zero-order valence-electron chi connectivity index (χ0n) is 22.3. The average Bonchev–Trinajstić information content (AvgIpc) is 3.13. The molecule has 1 atom stereocenters. The van der Waals surface area contributed by atoms with Crippen molar-refractivity contribution >= 4 is 29.4 Å². The summed E-state index contributed by atoms with van der Waals surface area (Å²) in [5.41, 5.74) is 5.97. The number of rotatable bonds is 5. The van der Waals surface area contributed by atoms with Crippen LogP contribution in [0.3, 0.4) is 0 Å². The van der Waals surface area contributed by atoms with Crippen molar-refractivity contribution in [3.8, 4) is 5.69 Å². The van der Waals surface area contributed by atoms with E-state index in [9.17, 15) is 9.59 Å². The van der Waals surface area contributed by atoms with E-state index in [1.165, 1.54) is 11.1 Å². The predicted octanol–water partition coefficient (Wildman–Crippen LogP) is 5.48. The predicted molar refractivity (Wildman–Crippen MR) is 148 cm³/mol. The van der Waals surface area contributed by atoms with Crippen LogP contribution in [-0.4, -0.2) is 39.9 Å².